The van der Waals surface area contributed by atoms with E-state index in [1.165, 1.54) is 0 Å². The Balaban J connectivity index is 2.88. The van der Waals surface area contributed by atoms with Gasteiger partial charge >= 0.3 is 0 Å². The molecule has 50 valence electrons. The van der Waals surface area contributed by atoms with Crippen LogP contribution in [0.25, 0.3) is 0 Å². The van der Waals surface area contributed by atoms with Gasteiger partial charge in [-0.2, -0.15) is 0 Å². The summed E-state index contributed by atoms with van der Waals surface area (Å²) in [6, 6.07) is 0. The molecule has 0 radical (unpaired) electrons. The highest BCUT2D eigenvalue weighted by atomic mass is 35.5. The van der Waals surface area contributed by atoms with Gasteiger partial charge in [-0.3, -0.25) is 0 Å². The number of hydrogen-bond donors (Lipinski definition) is 1. The van der Waals surface area contributed by atoms with Crippen LogP contribution in [0.5, 0.6) is 0 Å². The van der Waals surface area contributed by atoms with Crippen molar-refractivity contribution in [2.45, 2.75) is 12.8 Å². The molecule has 0 atom stereocenters. The van der Waals surface area contributed by atoms with Crippen molar-refractivity contribution < 1.29 is 0 Å². The van der Waals surface area contributed by atoms with Crippen LogP contribution in [0.1, 0.15) is 12.8 Å². The van der Waals surface area contributed by atoms with Crippen molar-refractivity contribution in [2.75, 3.05) is 0 Å². The summed E-state index contributed by atoms with van der Waals surface area (Å²) < 4.78 is 0. The van der Waals surface area contributed by atoms with Crippen molar-refractivity contribution in [1.29, 1.82) is 0 Å². The van der Waals surface area contributed by atoms with Gasteiger partial charge in [0.2, 0.25) is 0 Å². The van der Waals surface area contributed by atoms with Crippen LogP contribution in [-0.2, 0) is 0 Å². The molecule has 9 heavy (non-hydrogen) atoms. The summed E-state index contributed by atoms with van der Waals surface area (Å²) in [6.07, 6.45) is 3.61. The molecule has 0 aromatic carbocycles. The highest BCUT2D eigenvalue weighted by Crippen LogP contribution is 2.27. The van der Waals surface area contributed by atoms with Gasteiger partial charge in [-0.1, -0.05) is 29.3 Å². The fourth-order valence-electron chi connectivity index (χ4n) is 0.710. The first-order valence-electron chi connectivity index (χ1n) is 2.72. The fourth-order valence-corrected chi connectivity index (χ4v) is 1.10. The summed E-state index contributed by atoms with van der Waals surface area (Å²) >= 11 is 11.4. The van der Waals surface area contributed by atoms with Gasteiger partial charge in [0.1, 0.15) is 0 Å². The Labute approximate surface area is 64.1 Å². The van der Waals surface area contributed by atoms with Gasteiger partial charge in [0.15, 0.2) is 0 Å². The zero-order chi connectivity index (χ0) is 6.85. The first-order chi connectivity index (χ1) is 4.22. The van der Waals surface area contributed by atoms with Crippen LogP contribution in [-0.4, -0.2) is 0 Å². The summed E-state index contributed by atoms with van der Waals surface area (Å²) in [4.78, 5) is 0. The van der Waals surface area contributed by atoms with E-state index in [2.05, 4.69) is 0 Å². The molecule has 1 aliphatic rings. The third kappa shape index (κ3) is 1.41. The molecule has 0 unspecified atom stereocenters. The summed E-state index contributed by atoms with van der Waals surface area (Å²) in [5.41, 5.74) is 6.06. The minimum atomic E-state index is 0.517. The normalized spacial score (nSPS) is 20.0. The molecule has 0 heterocycles. The molecule has 0 aromatic rings. The van der Waals surface area contributed by atoms with Gasteiger partial charge in [-0.05, 0) is 12.8 Å². The SMILES string of the molecule is NC1=CCCC(Cl)=C1Cl. The quantitative estimate of drug-likeness (QED) is 0.584. The lowest BCUT2D eigenvalue weighted by atomic mass is 10.1. The van der Waals surface area contributed by atoms with E-state index in [0.717, 1.165) is 12.8 Å². The molecule has 2 N–H and O–H groups in total. The molecule has 3 heteroatoms. The van der Waals surface area contributed by atoms with Gasteiger partial charge in [0.05, 0.1) is 5.03 Å². The monoisotopic (exact) mass is 163 g/mol. The third-order valence-corrected chi connectivity index (χ3v) is 2.14. The molecule has 1 aliphatic carbocycles. The maximum Gasteiger partial charge on any atom is 0.0777 e. The average Bonchev–Trinajstić information content (AvgIpc) is 1.83. The second-order valence-electron chi connectivity index (χ2n) is 1.92. The fraction of sp³-hybridized carbons (Fsp3) is 0.333. The van der Waals surface area contributed by atoms with Crippen molar-refractivity contribution in [1.82, 2.24) is 0 Å². The van der Waals surface area contributed by atoms with Gasteiger partial charge in [-0.25, -0.2) is 0 Å². The molecule has 0 fully saturated rings. The minimum absolute atomic E-state index is 0.517. The van der Waals surface area contributed by atoms with Crippen LogP contribution < -0.4 is 5.73 Å². The molecular formula is C6H7Cl2N. The standard InChI is InChI=1S/C6H7Cl2N/c7-4-2-1-3-5(9)6(4)8/h3H,1-2,9H2. The molecule has 0 bridgehead atoms. The van der Waals surface area contributed by atoms with E-state index in [0.29, 0.717) is 15.8 Å². The van der Waals surface area contributed by atoms with Gasteiger partial charge in [0.25, 0.3) is 0 Å². The number of halogens is 2. The van der Waals surface area contributed by atoms with Crippen LogP contribution in [0.3, 0.4) is 0 Å². The average molecular weight is 164 g/mol. The van der Waals surface area contributed by atoms with E-state index in [-0.39, 0.29) is 0 Å². The molecule has 0 saturated carbocycles. The highest BCUT2D eigenvalue weighted by Gasteiger charge is 2.08. The maximum atomic E-state index is 5.69. The van der Waals surface area contributed by atoms with E-state index in [9.17, 15) is 0 Å². The lowest BCUT2D eigenvalue weighted by molar-refractivity contribution is 0.985. The number of hydrogen-bond acceptors (Lipinski definition) is 1. The van der Waals surface area contributed by atoms with Gasteiger partial charge in [0, 0.05) is 10.7 Å². The predicted molar refractivity (Wildman–Crippen MR) is 40.2 cm³/mol. The lowest BCUT2D eigenvalue weighted by Gasteiger charge is -2.08. The molecule has 1 nitrogen and oxygen atoms in total. The van der Waals surface area contributed by atoms with Gasteiger partial charge in [-0.15, -0.1) is 0 Å². The maximum absolute atomic E-state index is 5.69. The molecular weight excluding hydrogens is 157 g/mol. The zero-order valence-corrected chi connectivity index (χ0v) is 6.34. The van der Waals surface area contributed by atoms with Gasteiger partial charge < -0.3 is 5.73 Å². The Kier molecular flexibility index (Phi) is 2.04. The highest BCUT2D eigenvalue weighted by molar-refractivity contribution is 6.40. The summed E-state index contributed by atoms with van der Waals surface area (Å²) in [7, 11) is 0. The first-order valence-corrected chi connectivity index (χ1v) is 3.47. The minimum Gasteiger partial charge on any atom is -0.398 e. The lowest BCUT2D eigenvalue weighted by Crippen LogP contribution is -2.02. The topological polar surface area (TPSA) is 26.0 Å². The number of nitrogens with two attached hydrogens (primary N) is 1. The molecule has 0 saturated heterocycles. The van der Waals surface area contributed by atoms with E-state index in [1.54, 1.807) is 0 Å². The molecule has 0 spiro atoms. The first kappa shape index (κ1) is 6.97. The van der Waals surface area contributed by atoms with Crippen LogP contribution in [0.4, 0.5) is 0 Å². The Hall–Kier alpha value is -0.140. The number of allylic oxidation sites excluding steroid dienone is 3. The summed E-state index contributed by atoms with van der Waals surface area (Å²) in [5, 5.41) is 1.19. The van der Waals surface area contributed by atoms with E-state index in [4.69, 9.17) is 28.9 Å². The van der Waals surface area contributed by atoms with Crippen molar-refractivity contribution in [3.05, 3.63) is 21.8 Å². The summed E-state index contributed by atoms with van der Waals surface area (Å²) in [6.45, 7) is 0. The Bertz CT molecular complexity index is 181. The Morgan fingerprint density at radius 1 is 1.44 bits per heavy atom. The Morgan fingerprint density at radius 2 is 2.11 bits per heavy atom. The molecule has 0 amide bonds. The molecule has 1 rings (SSSR count). The van der Waals surface area contributed by atoms with Crippen molar-refractivity contribution in [3.8, 4) is 0 Å². The van der Waals surface area contributed by atoms with E-state index in [1.807, 2.05) is 6.08 Å². The van der Waals surface area contributed by atoms with Crippen molar-refractivity contribution in [2.24, 2.45) is 5.73 Å². The zero-order valence-electron chi connectivity index (χ0n) is 4.82. The Morgan fingerprint density at radius 3 is 2.56 bits per heavy atom. The van der Waals surface area contributed by atoms with Crippen molar-refractivity contribution in [3.63, 3.8) is 0 Å². The predicted octanol–water partition coefficient (Wildman–Crippen LogP) is 2.31. The second-order valence-corrected chi connectivity index (χ2v) is 2.75. The van der Waals surface area contributed by atoms with Crippen LogP contribution >= 0.6 is 23.2 Å². The van der Waals surface area contributed by atoms with Crippen LogP contribution in [0, 0.1) is 0 Å². The summed E-state index contributed by atoms with van der Waals surface area (Å²) in [5.74, 6) is 0. The van der Waals surface area contributed by atoms with Crippen LogP contribution in [0.2, 0.25) is 0 Å². The third-order valence-electron chi connectivity index (χ3n) is 1.22. The second kappa shape index (κ2) is 2.63. The molecule has 0 aromatic heterocycles. The van der Waals surface area contributed by atoms with E-state index < -0.39 is 0 Å². The van der Waals surface area contributed by atoms with Crippen LogP contribution in [0.15, 0.2) is 21.8 Å². The molecule has 0 aliphatic heterocycles. The number of rotatable bonds is 0. The smallest absolute Gasteiger partial charge is 0.0777 e. The largest absolute Gasteiger partial charge is 0.398 e. The van der Waals surface area contributed by atoms with E-state index >= 15 is 0 Å². The van der Waals surface area contributed by atoms with Crippen molar-refractivity contribution >= 4 is 23.2 Å².